The van der Waals surface area contributed by atoms with E-state index in [1.54, 1.807) is 19.2 Å². The first-order chi connectivity index (χ1) is 11.1. The molecular weight excluding hydrogens is 292 g/mol. The Morgan fingerprint density at radius 3 is 2.65 bits per heavy atom. The summed E-state index contributed by atoms with van der Waals surface area (Å²) in [5, 5.41) is 0. The van der Waals surface area contributed by atoms with Gasteiger partial charge >= 0.3 is 0 Å². The van der Waals surface area contributed by atoms with Gasteiger partial charge < -0.3 is 19.8 Å². The molecule has 122 valence electrons. The SMILES string of the molecule is COc1ccc(C2CC(C)N(C(=O)c3ccc(CN)o3)C2)cc1. The second kappa shape index (κ2) is 6.46. The van der Waals surface area contributed by atoms with Crippen molar-refractivity contribution >= 4 is 5.91 Å². The number of benzene rings is 1. The summed E-state index contributed by atoms with van der Waals surface area (Å²) in [6.07, 6.45) is 0.947. The van der Waals surface area contributed by atoms with Gasteiger partial charge in [-0.25, -0.2) is 0 Å². The molecule has 2 atom stereocenters. The van der Waals surface area contributed by atoms with Crippen LogP contribution in [0.1, 0.15) is 41.1 Å². The maximum Gasteiger partial charge on any atom is 0.289 e. The summed E-state index contributed by atoms with van der Waals surface area (Å²) in [6.45, 7) is 3.08. The van der Waals surface area contributed by atoms with Gasteiger partial charge in [0.2, 0.25) is 0 Å². The standard InChI is InChI=1S/C18H22N2O3/c1-12-9-14(13-3-5-15(22-2)6-4-13)11-20(12)18(21)17-8-7-16(10-19)23-17/h3-8,12,14H,9-11,19H2,1-2H3. The van der Waals surface area contributed by atoms with Gasteiger partial charge in [-0.1, -0.05) is 12.1 Å². The van der Waals surface area contributed by atoms with E-state index in [2.05, 4.69) is 19.1 Å². The molecule has 1 saturated heterocycles. The Kier molecular flexibility index (Phi) is 4.39. The molecule has 5 heteroatoms. The van der Waals surface area contributed by atoms with Gasteiger partial charge in [0.1, 0.15) is 11.5 Å². The molecule has 1 aromatic carbocycles. The van der Waals surface area contributed by atoms with Crippen LogP contribution in [-0.2, 0) is 6.54 Å². The highest BCUT2D eigenvalue weighted by Gasteiger charge is 2.34. The summed E-state index contributed by atoms with van der Waals surface area (Å²) in [5.74, 6) is 2.12. The molecule has 1 amide bonds. The van der Waals surface area contributed by atoms with Crippen LogP contribution in [0.15, 0.2) is 40.8 Å². The van der Waals surface area contributed by atoms with Gasteiger partial charge in [0.15, 0.2) is 5.76 Å². The highest BCUT2D eigenvalue weighted by atomic mass is 16.5. The maximum atomic E-state index is 12.6. The van der Waals surface area contributed by atoms with E-state index in [1.807, 2.05) is 17.0 Å². The van der Waals surface area contributed by atoms with E-state index in [-0.39, 0.29) is 11.9 Å². The number of nitrogens with two attached hydrogens (primary N) is 1. The molecule has 3 rings (SSSR count). The maximum absolute atomic E-state index is 12.6. The van der Waals surface area contributed by atoms with Gasteiger partial charge in [-0.3, -0.25) is 4.79 Å². The van der Waals surface area contributed by atoms with Crippen LogP contribution in [0.3, 0.4) is 0 Å². The zero-order valence-corrected chi connectivity index (χ0v) is 13.5. The number of ether oxygens (including phenoxy) is 1. The highest BCUT2D eigenvalue weighted by molar-refractivity contribution is 5.92. The lowest BCUT2D eigenvalue weighted by molar-refractivity contribution is 0.0711. The van der Waals surface area contributed by atoms with Crippen molar-refractivity contribution in [1.29, 1.82) is 0 Å². The van der Waals surface area contributed by atoms with Gasteiger partial charge in [-0.05, 0) is 43.2 Å². The number of carbonyl (C=O) groups excluding carboxylic acids is 1. The minimum Gasteiger partial charge on any atom is -0.497 e. The van der Waals surface area contributed by atoms with Crippen LogP contribution in [0.2, 0.25) is 0 Å². The van der Waals surface area contributed by atoms with Crippen molar-refractivity contribution in [2.24, 2.45) is 5.73 Å². The number of furan rings is 1. The van der Waals surface area contributed by atoms with E-state index < -0.39 is 0 Å². The van der Waals surface area contributed by atoms with Crippen LogP contribution in [0.4, 0.5) is 0 Å². The zero-order chi connectivity index (χ0) is 16.4. The van der Waals surface area contributed by atoms with E-state index in [1.165, 1.54) is 5.56 Å². The third-order valence-electron chi connectivity index (χ3n) is 4.50. The lowest BCUT2D eigenvalue weighted by Crippen LogP contribution is -2.33. The number of methoxy groups -OCH3 is 1. The summed E-state index contributed by atoms with van der Waals surface area (Å²) in [4.78, 5) is 14.5. The van der Waals surface area contributed by atoms with Crippen molar-refractivity contribution in [3.8, 4) is 5.75 Å². The average Bonchev–Trinajstić information content (AvgIpc) is 3.21. The molecule has 0 spiro atoms. The minimum absolute atomic E-state index is 0.0618. The number of likely N-dealkylation sites (tertiary alicyclic amines) is 1. The molecule has 2 aromatic rings. The van der Waals surface area contributed by atoms with Crippen molar-refractivity contribution in [2.45, 2.75) is 31.8 Å². The Balaban J connectivity index is 1.73. The fourth-order valence-electron chi connectivity index (χ4n) is 3.18. The number of hydrogen-bond donors (Lipinski definition) is 1. The van der Waals surface area contributed by atoms with Gasteiger partial charge in [0, 0.05) is 18.5 Å². The molecule has 1 aliphatic heterocycles. The predicted octanol–water partition coefficient (Wildman–Crippen LogP) is 2.77. The third kappa shape index (κ3) is 3.10. The molecule has 1 fully saturated rings. The zero-order valence-electron chi connectivity index (χ0n) is 13.5. The van der Waals surface area contributed by atoms with Gasteiger partial charge in [-0.15, -0.1) is 0 Å². The second-order valence-corrected chi connectivity index (χ2v) is 5.98. The van der Waals surface area contributed by atoms with Crippen LogP contribution in [0.5, 0.6) is 5.75 Å². The average molecular weight is 314 g/mol. The van der Waals surface area contributed by atoms with Gasteiger partial charge in [0.05, 0.1) is 13.7 Å². The summed E-state index contributed by atoms with van der Waals surface area (Å²) in [7, 11) is 1.66. The Bertz CT molecular complexity index is 678. The van der Waals surface area contributed by atoms with Crippen molar-refractivity contribution in [3.63, 3.8) is 0 Å². The lowest BCUT2D eigenvalue weighted by Gasteiger charge is -2.20. The van der Waals surface area contributed by atoms with Crippen LogP contribution < -0.4 is 10.5 Å². The van der Waals surface area contributed by atoms with Gasteiger partial charge in [0.25, 0.3) is 5.91 Å². The molecule has 0 saturated carbocycles. The molecule has 1 aromatic heterocycles. The summed E-state index contributed by atoms with van der Waals surface area (Å²) < 4.78 is 10.7. The van der Waals surface area contributed by atoms with E-state index in [0.29, 0.717) is 30.5 Å². The molecule has 1 aliphatic rings. The molecule has 0 radical (unpaired) electrons. The fourth-order valence-corrected chi connectivity index (χ4v) is 3.18. The molecular formula is C18H22N2O3. The predicted molar refractivity (Wildman–Crippen MR) is 87.4 cm³/mol. The largest absolute Gasteiger partial charge is 0.497 e. The Hall–Kier alpha value is -2.27. The molecule has 23 heavy (non-hydrogen) atoms. The molecule has 0 aliphatic carbocycles. The molecule has 5 nitrogen and oxygen atoms in total. The normalized spacial score (nSPS) is 20.7. The van der Waals surface area contributed by atoms with E-state index in [0.717, 1.165) is 12.2 Å². The first kappa shape index (κ1) is 15.6. The van der Waals surface area contributed by atoms with Crippen molar-refractivity contribution in [3.05, 3.63) is 53.5 Å². The van der Waals surface area contributed by atoms with Crippen LogP contribution in [0, 0.1) is 0 Å². The van der Waals surface area contributed by atoms with Crippen LogP contribution >= 0.6 is 0 Å². The Morgan fingerprint density at radius 2 is 2.04 bits per heavy atom. The van der Waals surface area contributed by atoms with E-state index in [4.69, 9.17) is 14.9 Å². The number of hydrogen-bond acceptors (Lipinski definition) is 4. The van der Waals surface area contributed by atoms with Crippen LogP contribution in [-0.4, -0.2) is 30.5 Å². The topological polar surface area (TPSA) is 68.7 Å². The van der Waals surface area contributed by atoms with Crippen LogP contribution in [0.25, 0.3) is 0 Å². The number of amides is 1. The molecule has 0 bridgehead atoms. The Labute approximate surface area is 136 Å². The van der Waals surface area contributed by atoms with Crippen molar-refractivity contribution in [1.82, 2.24) is 4.90 Å². The second-order valence-electron chi connectivity index (χ2n) is 5.98. The Morgan fingerprint density at radius 1 is 1.30 bits per heavy atom. The highest BCUT2D eigenvalue weighted by Crippen LogP contribution is 2.33. The summed E-state index contributed by atoms with van der Waals surface area (Å²) in [5.41, 5.74) is 6.77. The first-order valence-corrected chi connectivity index (χ1v) is 7.86. The number of carbonyl (C=O) groups is 1. The number of nitrogens with zero attached hydrogens (tertiary/aromatic N) is 1. The molecule has 2 unspecified atom stereocenters. The molecule has 2 N–H and O–H groups in total. The summed E-state index contributed by atoms with van der Waals surface area (Å²) >= 11 is 0. The quantitative estimate of drug-likeness (QED) is 0.942. The molecule has 2 heterocycles. The van der Waals surface area contributed by atoms with E-state index in [9.17, 15) is 4.79 Å². The van der Waals surface area contributed by atoms with Crippen molar-refractivity contribution in [2.75, 3.05) is 13.7 Å². The fraction of sp³-hybridized carbons (Fsp3) is 0.389. The monoisotopic (exact) mass is 314 g/mol. The third-order valence-corrected chi connectivity index (χ3v) is 4.50. The van der Waals surface area contributed by atoms with Crippen molar-refractivity contribution < 1.29 is 13.9 Å². The summed E-state index contributed by atoms with van der Waals surface area (Å²) in [6, 6.07) is 11.7. The number of rotatable bonds is 4. The lowest BCUT2D eigenvalue weighted by atomic mass is 9.97. The van der Waals surface area contributed by atoms with Gasteiger partial charge in [-0.2, -0.15) is 0 Å². The smallest absolute Gasteiger partial charge is 0.289 e. The first-order valence-electron chi connectivity index (χ1n) is 7.86. The van der Waals surface area contributed by atoms with E-state index >= 15 is 0 Å². The minimum atomic E-state index is -0.0618.